The number of aliphatic hydroxyl groups excluding tert-OH is 1. The van der Waals surface area contributed by atoms with Crippen molar-refractivity contribution in [1.29, 1.82) is 0 Å². The fourth-order valence-corrected chi connectivity index (χ4v) is 3.44. The number of aliphatic hydroxyl groups is 1. The number of aromatic nitrogens is 4. The summed E-state index contributed by atoms with van der Waals surface area (Å²) < 4.78 is 3.87. The van der Waals surface area contributed by atoms with E-state index in [4.69, 9.17) is 4.98 Å². The zero-order chi connectivity index (χ0) is 19.3. The highest BCUT2D eigenvalue weighted by atomic mass is 16.3. The van der Waals surface area contributed by atoms with Gasteiger partial charge in [-0.05, 0) is 5.56 Å². The summed E-state index contributed by atoms with van der Waals surface area (Å²) in [6, 6.07) is 19.8. The molecule has 0 bridgehead atoms. The van der Waals surface area contributed by atoms with E-state index in [-0.39, 0.29) is 12.6 Å². The topological polar surface area (TPSA) is 55.9 Å². The highest BCUT2D eigenvalue weighted by Crippen LogP contribution is 2.34. The van der Waals surface area contributed by atoms with Gasteiger partial charge in [-0.25, -0.2) is 4.98 Å². The standard InChI is InChI=1S/C23H22N4O/c1-2-13-26-15-20(14-25-26)23-22(19-11-7-4-8-12-19)24-17-27(23)21(16-28)18-9-5-3-6-10-18/h2-12,14-15,17,21,28H,1,13,16H2/t21-/m1/s1. The lowest BCUT2D eigenvalue weighted by atomic mass is 10.0. The minimum atomic E-state index is -0.232. The minimum Gasteiger partial charge on any atom is -0.394 e. The Balaban J connectivity index is 1.89. The number of nitrogens with zero attached hydrogens (tertiary/aromatic N) is 4. The molecule has 0 saturated carbocycles. The van der Waals surface area contributed by atoms with Gasteiger partial charge < -0.3 is 9.67 Å². The van der Waals surface area contributed by atoms with Crippen LogP contribution in [0.3, 0.4) is 0 Å². The maximum absolute atomic E-state index is 10.2. The molecule has 0 saturated heterocycles. The van der Waals surface area contributed by atoms with Gasteiger partial charge >= 0.3 is 0 Å². The van der Waals surface area contributed by atoms with E-state index in [9.17, 15) is 5.11 Å². The van der Waals surface area contributed by atoms with Crippen molar-refractivity contribution in [1.82, 2.24) is 19.3 Å². The third-order valence-electron chi connectivity index (χ3n) is 4.76. The lowest BCUT2D eigenvalue weighted by Gasteiger charge is -2.19. The van der Waals surface area contributed by atoms with Gasteiger partial charge in [0, 0.05) is 17.3 Å². The highest BCUT2D eigenvalue weighted by molar-refractivity contribution is 5.78. The van der Waals surface area contributed by atoms with Crippen LogP contribution < -0.4 is 0 Å². The molecule has 2 aromatic heterocycles. The molecule has 2 heterocycles. The fraction of sp³-hybridized carbons (Fsp3) is 0.130. The summed E-state index contributed by atoms with van der Waals surface area (Å²) >= 11 is 0. The Morgan fingerprint density at radius 2 is 1.71 bits per heavy atom. The summed E-state index contributed by atoms with van der Waals surface area (Å²) in [5, 5.41) is 14.6. The van der Waals surface area contributed by atoms with Gasteiger partial charge in [-0.2, -0.15) is 5.10 Å². The molecule has 0 aliphatic carbocycles. The molecular weight excluding hydrogens is 348 g/mol. The Morgan fingerprint density at radius 1 is 1.00 bits per heavy atom. The monoisotopic (exact) mass is 370 g/mol. The zero-order valence-corrected chi connectivity index (χ0v) is 15.5. The van der Waals surface area contributed by atoms with Gasteiger partial charge in [0.1, 0.15) is 0 Å². The van der Waals surface area contributed by atoms with Gasteiger partial charge in [0.15, 0.2) is 0 Å². The van der Waals surface area contributed by atoms with Crippen LogP contribution in [-0.4, -0.2) is 31.0 Å². The molecule has 0 radical (unpaired) electrons. The quantitative estimate of drug-likeness (QED) is 0.497. The Labute approximate surface area is 164 Å². The van der Waals surface area contributed by atoms with Crippen LogP contribution in [0.1, 0.15) is 11.6 Å². The molecule has 0 unspecified atom stereocenters. The van der Waals surface area contributed by atoms with Crippen LogP contribution in [0.4, 0.5) is 0 Å². The van der Waals surface area contributed by atoms with E-state index < -0.39 is 0 Å². The van der Waals surface area contributed by atoms with Gasteiger partial charge in [0.05, 0.1) is 43.1 Å². The molecular formula is C23H22N4O. The van der Waals surface area contributed by atoms with Crippen LogP contribution in [0, 0.1) is 0 Å². The molecule has 140 valence electrons. The van der Waals surface area contributed by atoms with Gasteiger partial charge in [-0.15, -0.1) is 6.58 Å². The van der Waals surface area contributed by atoms with E-state index in [2.05, 4.69) is 11.7 Å². The second-order valence-corrected chi connectivity index (χ2v) is 6.56. The van der Waals surface area contributed by atoms with Crippen molar-refractivity contribution in [3.8, 4) is 22.5 Å². The fourth-order valence-electron chi connectivity index (χ4n) is 3.44. The number of hydrogen-bond donors (Lipinski definition) is 1. The molecule has 1 atom stereocenters. The molecule has 2 aromatic carbocycles. The Hall–Kier alpha value is -3.44. The number of benzene rings is 2. The normalized spacial score (nSPS) is 12.0. The predicted octanol–water partition coefficient (Wildman–Crippen LogP) is 4.18. The molecule has 0 aliphatic rings. The third kappa shape index (κ3) is 3.40. The average molecular weight is 370 g/mol. The van der Waals surface area contributed by atoms with Crippen molar-refractivity contribution in [2.75, 3.05) is 6.61 Å². The molecule has 28 heavy (non-hydrogen) atoms. The molecule has 0 spiro atoms. The molecule has 4 aromatic rings. The van der Waals surface area contributed by atoms with Crippen molar-refractivity contribution in [3.05, 3.63) is 97.6 Å². The largest absolute Gasteiger partial charge is 0.394 e. The van der Waals surface area contributed by atoms with Crippen molar-refractivity contribution in [3.63, 3.8) is 0 Å². The van der Waals surface area contributed by atoms with E-state index in [1.165, 1.54) is 0 Å². The molecule has 5 heteroatoms. The smallest absolute Gasteiger partial charge is 0.0965 e. The first-order chi connectivity index (χ1) is 13.8. The Bertz CT molecular complexity index is 1050. The van der Waals surface area contributed by atoms with E-state index in [1.54, 1.807) is 6.33 Å². The Morgan fingerprint density at radius 3 is 2.39 bits per heavy atom. The van der Waals surface area contributed by atoms with Gasteiger partial charge in [0.2, 0.25) is 0 Å². The van der Waals surface area contributed by atoms with Gasteiger partial charge in [-0.3, -0.25) is 4.68 Å². The minimum absolute atomic E-state index is 0.0254. The summed E-state index contributed by atoms with van der Waals surface area (Å²) in [6.45, 7) is 4.39. The number of rotatable bonds is 7. The first-order valence-corrected chi connectivity index (χ1v) is 9.23. The van der Waals surface area contributed by atoms with Crippen LogP contribution in [-0.2, 0) is 6.54 Å². The summed E-state index contributed by atoms with van der Waals surface area (Å²) in [5.74, 6) is 0. The van der Waals surface area contributed by atoms with Crippen molar-refractivity contribution in [2.45, 2.75) is 12.6 Å². The maximum atomic E-state index is 10.2. The van der Waals surface area contributed by atoms with Gasteiger partial charge in [0.25, 0.3) is 0 Å². The zero-order valence-electron chi connectivity index (χ0n) is 15.5. The third-order valence-corrected chi connectivity index (χ3v) is 4.76. The molecule has 0 aliphatic heterocycles. The van der Waals surface area contributed by atoms with Gasteiger partial charge in [-0.1, -0.05) is 66.7 Å². The van der Waals surface area contributed by atoms with E-state index in [0.717, 1.165) is 28.1 Å². The second-order valence-electron chi connectivity index (χ2n) is 6.56. The SMILES string of the molecule is C=CCn1cc(-c2c(-c3ccccc3)ncn2[C@H](CO)c2ccccc2)cn1. The second kappa shape index (κ2) is 8.06. The summed E-state index contributed by atoms with van der Waals surface area (Å²) in [6.07, 6.45) is 7.44. The molecule has 1 N–H and O–H groups in total. The van der Waals surface area contributed by atoms with Crippen LogP contribution >= 0.6 is 0 Å². The number of imidazole rings is 1. The van der Waals surface area contributed by atoms with E-state index in [1.807, 2.05) is 88.4 Å². The van der Waals surface area contributed by atoms with Crippen molar-refractivity contribution in [2.24, 2.45) is 0 Å². The molecule has 0 fully saturated rings. The van der Waals surface area contributed by atoms with Crippen LogP contribution in [0.5, 0.6) is 0 Å². The van der Waals surface area contributed by atoms with Crippen LogP contribution in [0.25, 0.3) is 22.5 Å². The van der Waals surface area contributed by atoms with Crippen molar-refractivity contribution < 1.29 is 5.11 Å². The molecule has 4 rings (SSSR count). The number of hydrogen-bond acceptors (Lipinski definition) is 3. The maximum Gasteiger partial charge on any atom is 0.0965 e. The number of allylic oxidation sites excluding steroid dienone is 1. The van der Waals surface area contributed by atoms with Crippen molar-refractivity contribution >= 4 is 0 Å². The summed E-state index contributed by atoms with van der Waals surface area (Å²) in [4.78, 5) is 4.71. The highest BCUT2D eigenvalue weighted by Gasteiger charge is 2.22. The average Bonchev–Trinajstić information content (AvgIpc) is 3.37. The molecule has 0 amide bonds. The Kier molecular flexibility index (Phi) is 5.17. The summed E-state index contributed by atoms with van der Waals surface area (Å²) in [7, 11) is 0. The first kappa shape index (κ1) is 17.9. The summed E-state index contributed by atoms with van der Waals surface area (Å²) in [5.41, 5.74) is 4.81. The molecule has 5 nitrogen and oxygen atoms in total. The lowest BCUT2D eigenvalue weighted by Crippen LogP contribution is -2.15. The van der Waals surface area contributed by atoms with E-state index >= 15 is 0 Å². The first-order valence-electron chi connectivity index (χ1n) is 9.23. The van der Waals surface area contributed by atoms with E-state index in [0.29, 0.717) is 6.54 Å². The van der Waals surface area contributed by atoms with Crippen LogP contribution in [0.15, 0.2) is 92.0 Å². The predicted molar refractivity (Wildman–Crippen MR) is 111 cm³/mol. The van der Waals surface area contributed by atoms with Crippen LogP contribution in [0.2, 0.25) is 0 Å². The lowest BCUT2D eigenvalue weighted by molar-refractivity contribution is 0.250.